The van der Waals surface area contributed by atoms with Crippen molar-refractivity contribution in [3.63, 3.8) is 0 Å². The average Bonchev–Trinajstić information content (AvgIpc) is 3.26. The Morgan fingerprint density at radius 2 is 1.61 bits per heavy atom. The lowest BCUT2D eigenvalue weighted by Gasteiger charge is -2.33. The van der Waals surface area contributed by atoms with Crippen LogP contribution in [0.5, 0.6) is 0 Å². The lowest BCUT2D eigenvalue weighted by molar-refractivity contribution is -0.117. The molecule has 160 valence electrons. The minimum Gasteiger partial charge on any atom is -0.451 e. The second-order valence-electron chi connectivity index (χ2n) is 7.27. The fraction of sp³-hybridized carbons (Fsp3) is 0.217. The molecule has 3 aromatic rings. The Labute approximate surface area is 178 Å². The van der Waals surface area contributed by atoms with Gasteiger partial charge in [-0.1, -0.05) is 12.1 Å². The van der Waals surface area contributed by atoms with E-state index in [0.717, 1.165) is 0 Å². The summed E-state index contributed by atoms with van der Waals surface area (Å²) >= 11 is 0. The van der Waals surface area contributed by atoms with Crippen LogP contribution in [0.15, 0.2) is 65.1 Å². The second-order valence-corrected chi connectivity index (χ2v) is 7.27. The van der Waals surface area contributed by atoms with E-state index in [0.29, 0.717) is 43.2 Å². The number of anilines is 1. The normalized spacial score (nSPS) is 14.5. The van der Waals surface area contributed by atoms with Crippen LogP contribution in [0.2, 0.25) is 0 Å². The van der Waals surface area contributed by atoms with Crippen LogP contribution in [0.4, 0.5) is 14.5 Å². The maximum atomic E-state index is 13.9. The van der Waals surface area contributed by atoms with E-state index in [2.05, 4.69) is 5.32 Å². The minimum atomic E-state index is -0.414. The molecule has 0 spiro atoms. The molecule has 0 aliphatic carbocycles. The fourth-order valence-electron chi connectivity index (χ4n) is 3.46. The monoisotopic (exact) mass is 425 g/mol. The van der Waals surface area contributed by atoms with Crippen molar-refractivity contribution >= 4 is 17.5 Å². The van der Waals surface area contributed by atoms with Crippen LogP contribution in [0.25, 0.3) is 11.3 Å². The summed E-state index contributed by atoms with van der Waals surface area (Å²) in [5.41, 5.74) is 0.835. The van der Waals surface area contributed by atoms with Crippen molar-refractivity contribution in [2.45, 2.75) is 0 Å². The molecule has 31 heavy (non-hydrogen) atoms. The number of piperazine rings is 1. The third-order valence-electron chi connectivity index (χ3n) is 5.11. The van der Waals surface area contributed by atoms with E-state index in [4.69, 9.17) is 4.42 Å². The highest BCUT2D eigenvalue weighted by Gasteiger charge is 2.25. The van der Waals surface area contributed by atoms with Gasteiger partial charge in [-0.05, 0) is 48.5 Å². The van der Waals surface area contributed by atoms with Crippen LogP contribution in [-0.2, 0) is 4.79 Å². The molecule has 1 saturated heterocycles. The van der Waals surface area contributed by atoms with E-state index in [-0.39, 0.29) is 29.9 Å². The number of benzene rings is 2. The smallest absolute Gasteiger partial charge is 0.289 e. The standard InChI is InChI=1S/C23H21F2N3O3/c24-16-5-7-17(8-6-16)26-22(29)15-27-11-13-28(14-12-27)23(30)21-10-9-20(31-21)18-3-1-2-4-19(18)25/h1-10H,11-15H2,(H,26,29). The summed E-state index contributed by atoms with van der Waals surface area (Å²) < 4.78 is 32.5. The maximum absolute atomic E-state index is 13.9. The Hall–Kier alpha value is -3.52. The summed E-state index contributed by atoms with van der Waals surface area (Å²) in [7, 11) is 0. The summed E-state index contributed by atoms with van der Waals surface area (Å²) in [6.45, 7) is 2.13. The predicted octanol–water partition coefficient (Wildman–Crippen LogP) is 3.62. The molecule has 8 heteroatoms. The average molecular weight is 425 g/mol. The van der Waals surface area contributed by atoms with Gasteiger partial charge in [-0.25, -0.2) is 8.78 Å². The third-order valence-corrected chi connectivity index (χ3v) is 5.11. The lowest BCUT2D eigenvalue weighted by atomic mass is 10.1. The molecule has 1 N–H and O–H groups in total. The molecular formula is C23H21F2N3O3. The van der Waals surface area contributed by atoms with E-state index in [9.17, 15) is 18.4 Å². The number of rotatable bonds is 5. The largest absolute Gasteiger partial charge is 0.451 e. The summed E-state index contributed by atoms with van der Waals surface area (Å²) in [6, 6.07) is 14.9. The highest BCUT2D eigenvalue weighted by Crippen LogP contribution is 2.25. The van der Waals surface area contributed by atoms with Crippen molar-refractivity contribution in [2.24, 2.45) is 0 Å². The van der Waals surface area contributed by atoms with Gasteiger partial charge in [0.25, 0.3) is 5.91 Å². The van der Waals surface area contributed by atoms with Crippen molar-refractivity contribution in [3.05, 3.63) is 78.1 Å². The zero-order valence-corrected chi connectivity index (χ0v) is 16.7. The number of amides is 2. The van der Waals surface area contributed by atoms with Gasteiger partial charge in [0.05, 0.1) is 12.1 Å². The van der Waals surface area contributed by atoms with Gasteiger partial charge in [0.15, 0.2) is 5.76 Å². The van der Waals surface area contributed by atoms with Gasteiger partial charge >= 0.3 is 0 Å². The maximum Gasteiger partial charge on any atom is 0.289 e. The van der Waals surface area contributed by atoms with Gasteiger partial charge in [0, 0.05) is 31.9 Å². The molecule has 2 amide bonds. The van der Waals surface area contributed by atoms with Crippen LogP contribution in [-0.4, -0.2) is 54.3 Å². The first kappa shape index (κ1) is 20.7. The van der Waals surface area contributed by atoms with Crippen molar-refractivity contribution in [2.75, 3.05) is 38.0 Å². The molecule has 1 aliphatic rings. The molecule has 2 heterocycles. The Kier molecular flexibility index (Phi) is 6.08. The summed E-state index contributed by atoms with van der Waals surface area (Å²) in [4.78, 5) is 28.5. The van der Waals surface area contributed by atoms with Gasteiger partial charge in [-0.2, -0.15) is 0 Å². The van der Waals surface area contributed by atoms with Crippen LogP contribution < -0.4 is 5.32 Å². The first-order valence-electron chi connectivity index (χ1n) is 9.91. The molecule has 2 aromatic carbocycles. The van der Waals surface area contributed by atoms with E-state index >= 15 is 0 Å². The number of hydrogen-bond acceptors (Lipinski definition) is 4. The van der Waals surface area contributed by atoms with E-state index < -0.39 is 5.82 Å². The van der Waals surface area contributed by atoms with Crippen LogP contribution >= 0.6 is 0 Å². The SMILES string of the molecule is O=C(CN1CCN(C(=O)c2ccc(-c3ccccc3F)o2)CC1)Nc1ccc(F)cc1. The molecule has 4 rings (SSSR count). The first-order valence-corrected chi connectivity index (χ1v) is 9.91. The van der Waals surface area contributed by atoms with Crippen LogP contribution in [0, 0.1) is 11.6 Å². The Morgan fingerprint density at radius 1 is 0.903 bits per heavy atom. The Bertz CT molecular complexity index is 1070. The third kappa shape index (κ3) is 4.97. The number of nitrogens with one attached hydrogen (secondary N) is 1. The molecule has 0 bridgehead atoms. The van der Waals surface area contributed by atoms with Gasteiger partial charge < -0.3 is 14.6 Å². The second kappa shape index (κ2) is 9.09. The quantitative estimate of drug-likeness (QED) is 0.678. The highest BCUT2D eigenvalue weighted by atomic mass is 19.1. The lowest BCUT2D eigenvalue weighted by Crippen LogP contribution is -2.50. The van der Waals surface area contributed by atoms with Gasteiger partial charge in [0.1, 0.15) is 17.4 Å². The zero-order valence-electron chi connectivity index (χ0n) is 16.7. The van der Waals surface area contributed by atoms with Crippen molar-refractivity contribution in [1.29, 1.82) is 0 Å². The van der Waals surface area contributed by atoms with E-state index in [1.165, 1.54) is 30.3 Å². The molecule has 6 nitrogen and oxygen atoms in total. The first-order chi connectivity index (χ1) is 15.0. The predicted molar refractivity (Wildman–Crippen MR) is 111 cm³/mol. The molecule has 1 fully saturated rings. The van der Waals surface area contributed by atoms with Gasteiger partial charge in [-0.15, -0.1) is 0 Å². The Morgan fingerprint density at radius 3 is 2.32 bits per heavy atom. The van der Waals surface area contributed by atoms with Crippen molar-refractivity contribution in [1.82, 2.24) is 9.80 Å². The molecular weight excluding hydrogens is 404 g/mol. The van der Waals surface area contributed by atoms with E-state index in [1.807, 2.05) is 4.90 Å². The minimum absolute atomic E-state index is 0.153. The molecule has 0 unspecified atom stereocenters. The van der Waals surface area contributed by atoms with Crippen molar-refractivity contribution in [3.8, 4) is 11.3 Å². The topological polar surface area (TPSA) is 65.8 Å². The summed E-state index contributed by atoms with van der Waals surface area (Å²) in [5.74, 6) is -0.789. The van der Waals surface area contributed by atoms with Gasteiger partial charge in [-0.3, -0.25) is 14.5 Å². The summed E-state index contributed by atoms with van der Waals surface area (Å²) in [5, 5.41) is 2.73. The molecule has 0 saturated carbocycles. The number of nitrogens with zero attached hydrogens (tertiary/aromatic N) is 2. The molecule has 0 radical (unpaired) electrons. The highest BCUT2D eigenvalue weighted by molar-refractivity contribution is 5.93. The Balaban J connectivity index is 1.29. The molecule has 1 aliphatic heterocycles. The molecule has 1 aromatic heterocycles. The fourth-order valence-corrected chi connectivity index (χ4v) is 3.46. The number of furan rings is 1. The van der Waals surface area contributed by atoms with E-state index in [1.54, 1.807) is 35.2 Å². The van der Waals surface area contributed by atoms with Crippen LogP contribution in [0.3, 0.4) is 0 Å². The summed E-state index contributed by atoms with van der Waals surface area (Å²) in [6.07, 6.45) is 0. The number of carbonyl (C=O) groups is 2. The number of carbonyl (C=O) groups excluding carboxylic acids is 2. The number of halogens is 2. The molecule has 0 atom stereocenters. The van der Waals surface area contributed by atoms with Crippen LogP contribution in [0.1, 0.15) is 10.6 Å². The zero-order chi connectivity index (χ0) is 21.8. The van der Waals surface area contributed by atoms with Crippen molar-refractivity contribution < 1.29 is 22.8 Å². The number of hydrogen-bond donors (Lipinski definition) is 1. The van der Waals surface area contributed by atoms with Gasteiger partial charge in [0.2, 0.25) is 5.91 Å².